The number of halogens is 1. The maximum atomic E-state index is 14.1. The average Bonchev–Trinajstić information content (AvgIpc) is 2.53. The molecule has 2 N–H and O–H groups in total. The van der Waals surface area contributed by atoms with Gasteiger partial charge in [0.2, 0.25) is 10.0 Å². The standard InChI is InChI=1S/C21H34FN3O3S/c1-7-8-11-25(16-13-20(2,3)24-21(4,5)14-16)19(26)15-9-10-17(22)18(12-15)23-29(6,27)28/h9-10,12,16,23-24H,7-8,11,13-14H2,1-6H3. The number of piperidine rings is 1. The molecule has 8 heteroatoms. The molecule has 1 aliphatic heterocycles. The molecular formula is C21H34FN3O3S. The van der Waals surface area contributed by atoms with Crippen LogP contribution in [0.2, 0.25) is 0 Å². The van der Waals surface area contributed by atoms with Gasteiger partial charge in [-0.1, -0.05) is 13.3 Å². The van der Waals surface area contributed by atoms with E-state index in [-0.39, 0.29) is 34.3 Å². The van der Waals surface area contributed by atoms with Crippen LogP contribution in [0.25, 0.3) is 0 Å². The van der Waals surface area contributed by atoms with Gasteiger partial charge in [-0.05, 0) is 65.2 Å². The van der Waals surface area contributed by atoms with Gasteiger partial charge in [0.05, 0.1) is 11.9 Å². The van der Waals surface area contributed by atoms with Crippen LogP contribution in [0.3, 0.4) is 0 Å². The van der Waals surface area contributed by atoms with E-state index < -0.39 is 15.8 Å². The highest BCUT2D eigenvalue weighted by Gasteiger charge is 2.41. The zero-order valence-corrected chi connectivity index (χ0v) is 19.1. The average molecular weight is 428 g/mol. The van der Waals surface area contributed by atoms with Gasteiger partial charge >= 0.3 is 0 Å². The van der Waals surface area contributed by atoms with Crippen molar-refractivity contribution in [3.63, 3.8) is 0 Å². The third-order valence-corrected chi connectivity index (χ3v) is 5.72. The molecule has 1 fully saturated rings. The van der Waals surface area contributed by atoms with Crippen molar-refractivity contribution in [1.82, 2.24) is 10.2 Å². The number of hydrogen-bond donors (Lipinski definition) is 2. The van der Waals surface area contributed by atoms with E-state index in [1.165, 1.54) is 12.1 Å². The molecule has 1 amide bonds. The van der Waals surface area contributed by atoms with Crippen LogP contribution in [-0.2, 0) is 10.0 Å². The lowest BCUT2D eigenvalue weighted by atomic mass is 9.78. The van der Waals surface area contributed by atoms with Crippen LogP contribution < -0.4 is 10.0 Å². The van der Waals surface area contributed by atoms with Crippen LogP contribution in [0.5, 0.6) is 0 Å². The lowest BCUT2D eigenvalue weighted by molar-refractivity contribution is 0.0441. The number of anilines is 1. The molecule has 0 unspecified atom stereocenters. The molecule has 1 saturated heterocycles. The highest BCUT2D eigenvalue weighted by molar-refractivity contribution is 7.92. The molecule has 164 valence electrons. The van der Waals surface area contributed by atoms with E-state index in [1.807, 2.05) is 4.90 Å². The normalized spacial score (nSPS) is 19.0. The minimum absolute atomic E-state index is 0.0386. The molecule has 0 saturated carbocycles. The summed E-state index contributed by atoms with van der Waals surface area (Å²) < 4.78 is 39.3. The minimum Gasteiger partial charge on any atom is -0.336 e. The number of benzene rings is 1. The van der Waals surface area contributed by atoms with Gasteiger partial charge in [0.1, 0.15) is 5.82 Å². The number of nitrogens with one attached hydrogen (secondary N) is 2. The number of unbranched alkanes of at least 4 members (excludes halogenated alkanes) is 1. The summed E-state index contributed by atoms with van der Waals surface area (Å²) in [5.41, 5.74) is -0.172. The van der Waals surface area contributed by atoms with Gasteiger partial charge in [-0.15, -0.1) is 0 Å². The van der Waals surface area contributed by atoms with Crippen molar-refractivity contribution in [2.45, 2.75) is 77.4 Å². The van der Waals surface area contributed by atoms with Crippen molar-refractivity contribution < 1.29 is 17.6 Å². The van der Waals surface area contributed by atoms with Gasteiger partial charge in [0.15, 0.2) is 0 Å². The zero-order valence-electron chi connectivity index (χ0n) is 18.3. The first-order valence-corrected chi connectivity index (χ1v) is 12.0. The summed E-state index contributed by atoms with van der Waals surface area (Å²) in [5.74, 6) is -0.912. The summed E-state index contributed by atoms with van der Waals surface area (Å²) in [7, 11) is -3.65. The molecule has 1 aromatic carbocycles. The Kier molecular flexibility index (Phi) is 7.00. The first-order valence-electron chi connectivity index (χ1n) is 10.1. The van der Waals surface area contributed by atoms with E-state index in [0.29, 0.717) is 6.54 Å². The molecule has 0 aliphatic carbocycles. The largest absolute Gasteiger partial charge is 0.336 e. The van der Waals surface area contributed by atoms with Gasteiger partial charge in [-0.2, -0.15) is 0 Å². The zero-order chi connectivity index (χ0) is 22.0. The predicted octanol–water partition coefficient (Wildman–Crippen LogP) is 3.75. The van der Waals surface area contributed by atoms with Crippen LogP contribution >= 0.6 is 0 Å². The van der Waals surface area contributed by atoms with Crippen LogP contribution in [0.4, 0.5) is 10.1 Å². The van der Waals surface area contributed by atoms with Crippen molar-refractivity contribution >= 4 is 21.6 Å². The summed E-state index contributed by atoms with van der Waals surface area (Å²) in [6.45, 7) is 11.2. The van der Waals surface area contributed by atoms with E-state index in [2.05, 4.69) is 44.7 Å². The maximum Gasteiger partial charge on any atom is 0.254 e. The fraction of sp³-hybridized carbons (Fsp3) is 0.667. The van der Waals surface area contributed by atoms with E-state index in [0.717, 1.165) is 38.0 Å². The SMILES string of the molecule is CCCCN(C(=O)c1ccc(F)c(NS(C)(=O)=O)c1)C1CC(C)(C)NC(C)(C)C1. The number of amides is 1. The summed E-state index contributed by atoms with van der Waals surface area (Å²) >= 11 is 0. The molecule has 0 spiro atoms. The van der Waals surface area contributed by atoms with E-state index >= 15 is 0 Å². The third-order valence-electron chi connectivity index (χ3n) is 5.13. The topological polar surface area (TPSA) is 78.5 Å². The Balaban J connectivity index is 2.37. The van der Waals surface area contributed by atoms with Crippen LogP contribution in [0, 0.1) is 5.82 Å². The lowest BCUT2D eigenvalue weighted by Crippen LogP contribution is -2.62. The molecule has 1 heterocycles. The first-order chi connectivity index (χ1) is 13.2. The number of rotatable bonds is 7. The number of hydrogen-bond acceptors (Lipinski definition) is 4. The van der Waals surface area contributed by atoms with Crippen LogP contribution in [0.15, 0.2) is 18.2 Å². The Hall–Kier alpha value is -1.67. The van der Waals surface area contributed by atoms with Crippen molar-refractivity contribution in [2.24, 2.45) is 0 Å². The number of sulfonamides is 1. The highest BCUT2D eigenvalue weighted by Crippen LogP contribution is 2.33. The van der Waals surface area contributed by atoms with Crippen molar-refractivity contribution in [3.05, 3.63) is 29.6 Å². The highest BCUT2D eigenvalue weighted by atomic mass is 32.2. The predicted molar refractivity (Wildman–Crippen MR) is 115 cm³/mol. The second-order valence-electron chi connectivity index (χ2n) is 9.38. The molecule has 29 heavy (non-hydrogen) atoms. The molecule has 0 radical (unpaired) electrons. The molecule has 0 aromatic heterocycles. The van der Waals surface area contributed by atoms with E-state index in [9.17, 15) is 17.6 Å². The molecule has 2 rings (SSSR count). The fourth-order valence-corrected chi connectivity index (χ4v) is 4.93. The van der Waals surface area contributed by atoms with Gasteiger partial charge in [-0.3, -0.25) is 9.52 Å². The van der Waals surface area contributed by atoms with Crippen LogP contribution in [0.1, 0.15) is 70.7 Å². The number of nitrogens with zero attached hydrogens (tertiary/aromatic N) is 1. The summed E-state index contributed by atoms with van der Waals surface area (Å²) in [6.07, 6.45) is 4.38. The Morgan fingerprint density at radius 2 is 1.83 bits per heavy atom. The Labute approximate surface area is 174 Å². The maximum absolute atomic E-state index is 14.1. The van der Waals surface area contributed by atoms with Gasteiger partial charge in [0.25, 0.3) is 5.91 Å². The Morgan fingerprint density at radius 1 is 1.24 bits per heavy atom. The number of carbonyl (C=O) groups is 1. The molecule has 1 aromatic rings. The minimum atomic E-state index is -3.65. The second-order valence-corrected chi connectivity index (χ2v) is 11.1. The molecule has 0 atom stereocenters. The summed E-state index contributed by atoms with van der Waals surface area (Å²) in [5, 5.41) is 3.63. The first kappa shape index (κ1) is 23.6. The van der Waals surface area contributed by atoms with Crippen molar-refractivity contribution in [1.29, 1.82) is 0 Å². The second kappa shape index (κ2) is 8.60. The smallest absolute Gasteiger partial charge is 0.254 e. The quantitative estimate of drug-likeness (QED) is 0.695. The van der Waals surface area contributed by atoms with Gasteiger partial charge in [0, 0.05) is 29.2 Å². The van der Waals surface area contributed by atoms with Crippen molar-refractivity contribution in [2.75, 3.05) is 17.5 Å². The van der Waals surface area contributed by atoms with E-state index in [1.54, 1.807) is 0 Å². The van der Waals surface area contributed by atoms with Crippen molar-refractivity contribution in [3.8, 4) is 0 Å². The fourth-order valence-electron chi connectivity index (χ4n) is 4.37. The Morgan fingerprint density at radius 3 is 2.34 bits per heavy atom. The molecule has 6 nitrogen and oxygen atoms in total. The molecule has 0 bridgehead atoms. The third kappa shape index (κ3) is 6.67. The molecular weight excluding hydrogens is 393 g/mol. The van der Waals surface area contributed by atoms with Gasteiger partial charge < -0.3 is 10.2 Å². The van der Waals surface area contributed by atoms with Gasteiger partial charge in [-0.25, -0.2) is 12.8 Å². The Bertz CT molecular complexity index is 837. The lowest BCUT2D eigenvalue weighted by Gasteiger charge is -2.49. The summed E-state index contributed by atoms with van der Waals surface area (Å²) in [4.78, 5) is 15.3. The number of carbonyl (C=O) groups excluding carboxylic acids is 1. The molecule has 1 aliphatic rings. The van der Waals surface area contributed by atoms with E-state index in [4.69, 9.17) is 0 Å². The summed E-state index contributed by atoms with van der Waals surface area (Å²) in [6, 6.07) is 3.88. The monoisotopic (exact) mass is 427 g/mol. The van der Waals surface area contributed by atoms with Crippen LogP contribution in [-0.4, -0.2) is 49.1 Å².